The lowest BCUT2D eigenvalue weighted by Gasteiger charge is -2.19. The number of benzene rings is 1. The zero-order valence-electron chi connectivity index (χ0n) is 14.4. The summed E-state index contributed by atoms with van der Waals surface area (Å²) < 4.78 is 32.4. The summed E-state index contributed by atoms with van der Waals surface area (Å²) in [6.45, 7) is 1.38. The van der Waals surface area contributed by atoms with Crippen LogP contribution >= 0.6 is 0 Å². The third-order valence-corrected chi connectivity index (χ3v) is 6.79. The summed E-state index contributed by atoms with van der Waals surface area (Å²) in [7, 11) is -2.25. The monoisotopic (exact) mass is 367 g/mol. The van der Waals surface area contributed by atoms with Crippen molar-refractivity contribution in [2.45, 2.75) is 36.6 Å². The highest BCUT2D eigenvalue weighted by Gasteiger charge is 2.33. The Labute approximate surface area is 148 Å². The molecule has 8 heteroatoms. The molecule has 3 rings (SSSR count). The summed E-state index contributed by atoms with van der Waals surface area (Å²) in [5.41, 5.74) is 6.03. The number of nitrogens with one attached hydrogen (secondary N) is 1. The van der Waals surface area contributed by atoms with Gasteiger partial charge in [-0.3, -0.25) is 4.79 Å². The fourth-order valence-electron chi connectivity index (χ4n) is 3.21. The standard InChI is InChI=1S/C17H25N3O4S/c1-24-15-7-6-13(17(21)19-14(11-18)12-4-5-12)10-16(15)25(22,23)20-8-2-3-9-20/h6-7,10,12,14H,2-5,8-9,11,18H2,1H3,(H,19,21). The maximum absolute atomic E-state index is 12.9. The van der Waals surface area contributed by atoms with Crippen LogP contribution in [0, 0.1) is 5.92 Å². The van der Waals surface area contributed by atoms with Crippen molar-refractivity contribution in [1.29, 1.82) is 0 Å². The van der Waals surface area contributed by atoms with Crippen molar-refractivity contribution in [2.75, 3.05) is 26.7 Å². The zero-order valence-corrected chi connectivity index (χ0v) is 15.2. The van der Waals surface area contributed by atoms with Crippen LogP contribution in [0.2, 0.25) is 0 Å². The number of amides is 1. The molecule has 1 heterocycles. The van der Waals surface area contributed by atoms with Crippen LogP contribution in [0.1, 0.15) is 36.0 Å². The first-order valence-electron chi connectivity index (χ1n) is 8.66. The molecule has 2 aliphatic rings. The number of nitrogens with two attached hydrogens (primary N) is 1. The van der Waals surface area contributed by atoms with Gasteiger partial charge in [0.25, 0.3) is 5.91 Å². The maximum Gasteiger partial charge on any atom is 0.251 e. The number of carbonyl (C=O) groups is 1. The van der Waals surface area contributed by atoms with Crippen molar-refractivity contribution >= 4 is 15.9 Å². The molecule has 0 bridgehead atoms. The molecule has 1 saturated carbocycles. The van der Waals surface area contributed by atoms with Crippen molar-refractivity contribution in [3.63, 3.8) is 0 Å². The van der Waals surface area contributed by atoms with Crippen molar-refractivity contribution in [2.24, 2.45) is 11.7 Å². The number of ether oxygens (including phenoxy) is 1. The van der Waals surface area contributed by atoms with Gasteiger partial charge < -0.3 is 15.8 Å². The first-order chi connectivity index (χ1) is 12.0. The fraction of sp³-hybridized carbons (Fsp3) is 0.588. The second-order valence-corrected chi connectivity index (χ2v) is 8.54. The molecule has 1 amide bonds. The minimum absolute atomic E-state index is 0.0419. The van der Waals surface area contributed by atoms with Gasteiger partial charge in [-0.25, -0.2) is 8.42 Å². The van der Waals surface area contributed by atoms with Gasteiger partial charge in [-0.05, 0) is 49.8 Å². The number of sulfonamides is 1. The molecule has 2 fully saturated rings. The predicted molar refractivity (Wildman–Crippen MR) is 94.0 cm³/mol. The average Bonchev–Trinajstić information content (AvgIpc) is 3.30. The molecule has 1 unspecified atom stereocenters. The van der Waals surface area contributed by atoms with Crippen LogP contribution in [0.4, 0.5) is 0 Å². The van der Waals surface area contributed by atoms with E-state index in [1.165, 1.54) is 23.5 Å². The SMILES string of the molecule is COc1ccc(C(=O)NC(CN)C2CC2)cc1S(=O)(=O)N1CCCC1. The van der Waals surface area contributed by atoms with Crippen LogP contribution in [0.3, 0.4) is 0 Å². The molecule has 1 atom stereocenters. The van der Waals surface area contributed by atoms with E-state index in [2.05, 4.69) is 5.32 Å². The molecule has 1 aromatic carbocycles. The van der Waals surface area contributed by atoms with Crippen LogP contribution in [0.15, 0.2) is 23.1 Å². The Morgan fingerprint density at radius 3 is 2.60 bits per heavy atom. The van der Waals surface area contributed by atoms with Gasteiger partial charge in [0.15, 0.2) is 0 Å². The van der Waals surface area contributed by atoms with E-state index >= 15 is 0 Å². The Morgan fingerprint density at radius 1 is 1.36 bits per heavy atom. The van der Waals surface area contributed by atoms with Crippen molar-refractivity contribution in [3.05, 3.63) is 23.8 Å². The fourth-order valence-corrected chi connectivity index (χ4v) is 4.91. The summed E-state index contributed by atoms with van der Waals surface area (Å²) in [5, 5.41) is 2.92. The first-order valence-corrected chi connectivity index (χ1v) is 10.1. The van der Waals surface area contributed by atoms with E-state index in [0.29, 0.717) is 31.1 Å². The molecular formula is C17H25N3O4S. The van der Waals surface area contributed by atoms with Gasteiger partial charge in [0, 0.05) is 31.2 Å². The largest absolute Gasteiger partial charge is 0.495 e. The number of hydrogen-bond donors (Lipinski definition) is 2. The highest BCUT2D eigenvalue weighted by Crippen LogP contribution is 2.33. The van der Waals surface area contributed by atoms with Crippen LogP contribution in [-0.2, 0) is 10.0 Å². The van der Waals surface area contributed by atoms with Crippen LogP contribution < -0.4 is 15.8 Å². The molecule has 0 aromatic heterocycles. The van der Waals surface area contributed by atoms with E-state index < -0.39 is 10.0 Å². The normalized spacial score (nSPS) is 19.6. The van der Waals surface area contributed by atoms with Crippen LogP contribution in [-0.4, -0.2) is 51.4 Å². The lowest BCUT2D eigenvalue weighted by Crippen LogP contribution is -2.41. The van der Waals surface area contributed by atoms with E-state index in [-0.39, 0.29) is 22.6 Å². The number of hydrogen-bond acceptors (Lipinski definition) is 5. The third kappa shape index (κ3) is 3.80. The van der Waals surface area contributed by atoms with Crippen molar-refractivity contribution in [3.8, 4) is 5.75 Å². The summed E-state index contributed by atoms with van der Waals surface area (Å²) in [4.78, 5) is 12.6. The quantitative estimate of drug-likeness (QED) is 0.747. The van der Waals surface area contributed by atoms with E-state index in [0.717, 1.165) is 25.7 Å². The molecule has 0 radical (unpaired) electrons. The van der Waals surface area contributed by atoms with Crippen molar-refractivity contribution < 1.29 is 17.9 Å². The van der Waals surface area contributed by atoms with E-state index in [4.69, 9.17) is 10.5 Å². The Kier molecular flexibility index (Phi) is 5.31. The van der Waals surface area contributed by atoms with Gasteiger partial charge in [0.05, 0.1) is 7.11 Å². The third-order valence-electron chi connectivity index (χ3n) is 4.87. The lowest BCUT2D eigenvalue weighted by molar-refractivity contribution is 0.0933. The highest BCUT2D eigenvalue weighted by molar-refractivity contribution is 7.89. The minimum atomic E-state index is -3.67. The van der Waals surface area contributed by atoms with Crippen molar-refractivity contribution in [1.82, 2.24) is 9.62 Å². The van der Waals surface area contributed by atoms with E-state index in [1.807, 2.05) is 0 Å². The number of nitrogens with zero attached hydrogens (tertiary/aromatic N) is 1. The summed E-state index contributed by atoms with van der Waals surface area (Å²) in [5.74, 6) is 0.379. The Bertz CT molecular complexity index is 740. The Morgan fingerprint density at radius 2 is 2.04 bits per heavy atom. The topological polar surface area (TPSA) is 102 Å². The molecule has 138 valence electrons. The Hall–Kier alpha value is -1.64. The molecule has 1 aliphatic carbocycles. The molecule has 1 aromatic rings. The number of rotatable bonds is 7. The molecule has 7 nitrogen and oxygen atoms in total. The lowest BCUT2D eigenvalue weighted by atomic mass is 10.1. The molecule has 0 spiro atoms. The molecule has 1 aliphatic heterocycles. The average molecular weight is 367 g/mol. The zero-order chi connectivity index (χ0) is 18.0. The van der Waals surface area contributed by atoms with Gasteiger partial charge in [-0.1, -0.05) is 0 Å². The second kappa shape index (κ2) is 7.31. The number of carbonyl (C=O) groups excluding carboxylic acids is 1. The highest BCUT2D eigenvalue weighted by atomic mass is 32.2. The smallest absolute Gasteiger partial charge is 0.251 e. The minimum Gasteiger partial charge on any atom is -0.495 e. The summed E-state index contributed by atoms with van der Waals surface area (Å²) >= 11 is 0. The molecule has 1 saturated heterocycles. The van der Waals surface area contributed by atoms with E-state index in [1.54, 1.807) is 6.07 Å². The van der Waals surface area contributed by atoms with Crippen LogP contribution in [0.25, 0.3) is 0 Å². The molecular weight excluding hydrogens is 342 g/mol. The van der Waals surface area contributed by atoms with Gasteiger partial charge in [-0.2, -0.15) is 4.31 Å². The predicted octanol–water partition coefficient (Wildman–Crippen LogP) is 0.947. The Balaban J connectivity index is 1.87. The van der Waals surface area contributed by atoms with E-state index in [9.17, 15) is 13.2 Å². The first kappa shape index (κ1) is 18.2. The molecule has 25 heavy (non-hydrogen) atoms. The maximum atomic E-state index is 12.9. The van der Waals surface area contributed by atoms with Gasteiger partial charge >= 0.3 is 0 Å². The summed E-state index contributed by atoms with van der Waals surface area (Å²) in [6.07, 6.45) is 3.83. The molecule has 3 N–H and O–H groups in total. The second-order valence-electron chi connectivity index (χ2n) is 6.63. The van der Waals surface area contributed by atoms with Gasteiger partial charge in [0.1, 0.15) is 10.6 Å². The number of methoxy groups -OCH3 is 1. The van der Waals surface area contributed by atoms with Crippen LogP contribution in [0.5, 0.6) is 5.75 Å². The van der Waals surface area contributed by atoms with Gasteiger partial charge in [-0.15, -0.1) is 0 Å². The summed E-state index contributed by atoms with van der Waals surface area (Å²) in [6, 6.07) is 4.46. The van der Waals surface area contributed by atoms with Gasteiger partial charge in [0.2, 0.25) is 10.0 Å².